The number of carbonyl (C=O) groups excluding carboxylic acids is 1. The Morgan fingerprint density at radius 1 is 1.04 bits per heavy atom. The Morgan fingerprint density at radius 2 is 1.79 bits per heavy atom. The number of hydrogen-bond donors (Lipinski definition) is 1. The first-order valence-electron chi connectivity index (χ1n) is 8.56. The summed E-state index contributed by atoms with van der Waals surface area (Å²) in [6.07, 6.45) is 1.43. The van der Waals surface area contributed by atoms with Crippen molar-refractivity contribution in [3.05, 3.63) is 89.8 Å². The molecule has 0 spiro atoms. The van der Waals surface area contributed by atoms with Gasteiger partial charge in [0, 0.05) is 18.3 Å². The van der Waals surface area contributed by atoms with Crippen LogP contribution in [0.1, 0.15) is 21.7 Å². The topological polar surface area (TPSA) is 59.8 Å². The number of anilines is 1. The van der Waals surface area contributed by atoms with Crippen LogP contribution in [0.2, 0.25) is 0 Å². The molecule has 2 heterocycles. The summed E-state index contributed by atoms with van der Waals surface area (Å²) in [4.78, 5) is 21.2. The van der Waals surface area contributed by atoms with Crippen LogP contribution in [0.4, 0.5) is 10.1 Å². The van der Waals surface area contributed by atoms with E-state index >= 15 is 0 Å². The minimum Gasteiger partial charge on any atom is -0.324 e. The van der Waals surface area contributed by atoms with Gasteiger partial charge < -0.3 is 9.88 Å². The molecule has 0 fully saturated rings. The average Bonchev–Trinajstić information content (AvgIpc) is 3.06. The molecule has 0 saturated carbocycles. The lowest BCUT2D eigenvalue weighted by Crippen LogP contribution is -2.15. The molecule has 1 N–H and O–H groups in total. The molecule has 0 atom stereocenters. The van der Waals surface area contributed by atoms with Crippen molar-refractivity contribution in [2.45, 2.75) is 0 Å². The third-order valence-corrected chi connectivity index (χ3v) is 4.26. The highest BCUT2D eigenvalue weighted by Gasteiger charge is 2.16. The number of fused-ring (bicyclic) bond motifs is 1. The third kappa shape index (κ3) is 3.46. The molecule has 0 radical (unpaired) electrons. The predicted octanol–water partition coefficient (Wildman–Crippen LogP) is 3.76. The Kier molecular flexibility index (Phi) is 4.56. The van der Waals surface area contributed by atoms with Crippen LogP contribution in [0.3, 0.4) is 0 Å². The molecule has 4 rings (SSSR count). The molecule has 0 aliphatic heterocycles. The summed E-state index contributed by atoms with van der Waals surface area (Å²) in [6, 6.07) is 16.9. The van der Waals surface area contributed by atoms with Crippen molar-refractivity contribution in [1.82, 2.24) is 14.5 Å². The van der Waals surface area contributed by atoms with Crippen LogP contribution in [-0.2, 0) is 7.05 Å². The molecule has 1 amide bonds. The highest BCUT2D eigenvalue weighted by Crippen LogP contribution is 2.20. The van der Waals surface area contributed by atoms with E-state index in [0.717, 1.165) is 5.56 Å². The lowest BCUT2D eigenvalue weighted by molar-refractivity contribution is 0.101. The molecule has 0 saturated heterocycles. The molecule has 5 nitrogen and oxygen atoms in total. The molecule has 0 bridgehead atoms. The highest BCUT2D eigenvalue weighted by atomic mass is 19.1. The number of aryl methyl sites for hydroxylation is 1. The molecule has 28 heavy (non-hydrogen) atoms. The summed E-state index contributed by atoms with van der Waals surface area (Å²) in [5, 5.41) is 3.45. The lowest BCUT2D eigenvalue weighted by Gasteiger charge is -2.06. The molecule has 6 heteroatoms. The zero-order chi connectivity index (χ0) is 19.5. The van der Waals surface area contributed by atoms with E-state index in [4.69, 9.17) is 0 Å². The van der Waals surface area contributed by atoms with Gasteiger partial charge in [0.15, 0.2) is 0 Å². The summed E-state index contributed by atoms with van der Waals surface area (Å²) in [5.74, 6) is 5.44. The molecule has 2 aromatic carbocycles. The Balaban J connectivity index is 1.69. The number of nitrogens with one attached hydrogen (secondary N) is 1. The van der Waals surface area contributed by atoms with E-state index in [-0.39, 0.29) is 11.7 Å². The summed E-state index contributed by atoms with van der Waals surface area (Å²) in [5.41, 5.74) is 2.94. The number of aromatic nitrogens is 3. The predicted molar refractivity (Wildman–Crippen MR) is 105 cm³/mol. The Morgan fingerprint density at radius 3 is 2.54 bits per heavy atom. The number of carbonyl (C=O) groups is 1. The average molecular weight is 370 g/mol. The molecule has 0 aliphatic carbocycles. The van der Waals surface area contributed by atoms with Crippen LogP contribution in [0, 0.1) is 17.7 Å². The summed E-state index contributed by atoms with van der Waals surface area (Å²) in [7, 11) is 1.75. The minimum atomic E-state index is -0.362. The SMILES string of the molecule is Cn1c(C(=O)Nc2ccc(F)cc2)cc2c(C#Cc3ccccc3)ncnc21. The van der Waals surface area contributed by atoms with Crippen molar-refractivity contribution in [1.29, 1.82) is 0 Å². The number of benzene rings is 2. The van der Waals surface area contributed by atoms with Gasteiger partial charge in [-0.15, -0.1) is 0 Å². The zero-order valence-electron chi connectivity index (χ0n) is 15.0. The second-order valence-electron chi connectivity index (χ2n) is 6.13. The monoisotopic (exact) mass is 370 g/mol. The van der Waals surface area contributed by atoms with Crippen LogP contribution >= 0.6 is 0 Å². The first-order chi connectivity index (χ1) is 13.6. The fraction of sp³-hybridized carbons (Fsp3) is 0.0455. The van der Waals surface area contributed by atoms with Gasteiger partial charge in [-0.2, -0.15) is 0 Å². The number of hydrogen-bond acceptors (Lipinski definition) is 3. The number of rotatable bonds is 2. The van der Waals surface area contributed by atoms with Crippen molar-refractivity contribution < 1.29 is 9.18 Å². The number of halogens is 1. The van der Waals surface area contributed by atoms with Crippen LogP contribution < -0.4 is 5.32 Å². The van der Waals surface area contributed by atoms with Gasteiger partial charge in [-0.3, -0.25) is 4.79 Å². The zero-order valence-corrected chi connectivity index (χ0v) is 15.0. The van der Waals surface area contributed by atoms with E-state index < -0.39 is 0 Å². The van der Waals surface area contributed by atoms with E-state index in [1.807, 2.05) is 30.3 Å². The minimum absolute atomic E-state index is 0.325. The smallest absolute Gasteiger partial charge is 0.272 e. The van der Waals surface area contributed by atoms with Gasteiger partial charge in [0.05, 0.1) is 5.39 Å². The van der Waals surface area contributed by atoms with Gasteiger partial charge in [-0.05, 0) is 48.4 Å². The van der Waals surface area contributed by atoms with Gasteiger partial charge in [-0.25, -0.2) is 14.4 Å². The van der Waals surface area contributed by atoms with Crippen LogP contribution in [0.15, 0.2) is 67.0 Å². The van der Waals surface area contributed by atoms with Crippen LogP contribution in [0.25, 0.3) is 11.0 Å². The normalized spacial score (nSPS) is 10.4. The number of nitrogens with zero attached hydrogens (tertiary/aromatic N) is 3. The Labute approximate surface area is 160 Å². The maximum Gasteiger partial charge on any atom is 0.272 e. The van der Waals surface area contributed by atoms with Gasteiger partial charge in [0.1, 0.15) is 29.2 Å². The fourth-order valence-electron chi connectivity index (χ4n) is 2.83. The molecule has 0 unspecified atom stereocenters. The van der Waals surface area contributed by atoms with Crippen LogP contribution in [0.5, 0.6) is 0 Å². The Hall–Kier alpha value is -3.98. The molecular formula is C22H15FN4O. The summed E-state index contributed by atoms with van der Waals surface area (Å²) < 4.78 is 14.7. The van der Waals surface area contributed by atoms with Gasteiger partial charge in [0.2, 0.25) is 0 Å². The Bertz CT molecular complexity index is 1220. The molecule has 4 aromatic rings. The lowest BCUT2D eigenvalue weighted by atomic mass is 10.2. The third-order valence-electron chi connectivity index (χ3n) is 4.26. The maximum atomic E-state index is 13.0. The van der Waals surface area contributed by atoms with Crippen molar-refractivity contribution in [2.24, 2.45) is 7.05 Å². The molecule has 136 valence electrons. The summed E-state index contributed by atoms with van der Waals surface area (Å²) in [6.45, 7) is 0. The van der Waals surface area contributed by atoms with Gasteiger partial charge >= 0.3 is 0 Å². The standard InChI is InChI=1S/C22H15FN4O/c1-27-20(22(28)26-17-10-8-16(23)9-11-17)13-18-19(24-14-25-21(18)27)12-7-15-5-3-2-4-6-15/h2-6,8-11,13-14H,1H3,(H,26,28). The van der Waals surface area contributed by atoms with E-state index in [1.54, 1.807) is 17.7 Å². The van der Waals surface area contributed by atoms with Gasteiger partial charge in [0.25, 0.3) is 5.91 Å². The van der Waals surface area contributed by atoms with E-state index in [0.29, 0.717) is 28.1 Å². The second-order valence-corrected chi connectivity index (χ2v) is 6.13. The van der Waals surface area contributed by atoms with Crippen molar-refractivity contribution in [3.63, 3.8) is 0 Å². The first kappa shape index (κ1) is 17.4. The van der Waals surface area contributed by atoms with E-state index in [2.05, 4.69) is 27.1 Å². The van der Waals surface area contributed by atoms with Crippen molar-refractivity contribution >= 4 is 22.6 Å². The second kappa shape index (κ2) is 7.33. The highest BCUT2D eigenvalue weighted by molar-refractivity contribution is 6.06. The van der Waals surface area contributed by atoms with Crippen molar-refractivity contribution in [3.8, 4) is 11.8 Å². The molecule has 0 aliphatic rings. The van der Waals surface area contributed by atoms with Crippen LogP contribution in [-0.4, -0.2) is 20.4 Å². The first-order valence-corrected chi connectivity index (χ1v) is 8.56. The van der Waals surface area contributed by atoms with Crippen molar-refractivity contribution in [2.75, 3.05) is 5.32 Å². The van der Waals surface area contributed by atoms with Gasteiger partial charge in [-0.1, -0.05) is 24.1 Å². The molecule has 2 aromatic heterocycles. The largest absolute Gasteiger partial charge is 0.324 e. The number of amides is 1. The molecular weight excluding hydrogens is 355 g/mol. The summed E-state index contributed by atoms with van der Waals surface area (Å²) >= 11 is 0. The quantitative estimate of drug-likeness (QED) is 0.547. The van der Waals surface area contributed by atoms with E-state index in [1.165, 1.54) is 30.6 Å². The van der Waals surface area contributed by atoms with E-state index in [9.17, 15) is 9.18 Å². The maximum absolute atomic E-state index is 13.0. The fourth-order valence-corrected chi connectivity index (χ4v) is 2.83.